The molecular formula is C28H44N4O2. The van der Waals surface area contributed by atoms with Crippen LogP contribution < -0.4 is 5.32 Å². The summed E-state index contributed by atoms with van der Waals surface area (Å²) in [5.41, 5.74) is 3.90. The van der Waals surface area contributed by atoms with Crippen molar-refractivity contribution in [3.63, 3.8) is 0 Å². The molecule has 2 aliphatic rings. The Morgan fingerprint density at radius 2 is 1.85 bits per heavy atom. The predicted octanol–water partition coefficient (Wildman–Crippen LogP) is 4.54. The number of aryl methyl sites for hydroxylation is 1. The molecule has 1 unspecified atom stereocenters. The van der Waals surface area contributed by atoms with E-state index in [1.807, 2.05) is 19.1 Å². The summed E-state index contributed by atoms with van der Waals surface area (Å²) < 4.78 is 0. The molecule has 6 nitrogen and oxygen atoms in total. The van der Waals surface area contributed by atoms with Gasteiger partial charge in [-0.25, -0.2) is 0 Å². The second-order valence-corrected chi connectivity index (χ2v) is 10.3. The minimum atomic E-state index is 0.0890. The van der Waals surface area contributed by atoms with Crippen LogP contribution in [-0.4, -0.2) is 72.3 Å². The van der Waals surface area contributed by atoms with Crippen LogP contribution in [0.4, 0.5) is 0 Å². The number of carbonyl (C=O) groups is 1. The van der Waals surface area contributed by atoms with Crippen molar-refractivity contribution in [2.45, 2.75) is 59.8 Å². The molecule has 2 heterocycles. The van der Waals surface area contributed by atoms with E-state index < -0.39 is 0 Å². The van der Waals surface area contributed by atoms with Gasteiger partial charge < -0.3 is 15.3 Å². The fraction of sp³-hybridized carbons (Fsp3) is 0.643. The van der Waals surface area contributed by atoms with Crippen molar-refractivity contribution in [1.82, 2.24) is 15.1 Å². The molecule has 0 aromatic heterocycles. The van der Waals surface area contributed by atoms with Crippen molar-refractivity contribution in [3.05, 3.63) is 46.8 Å². The standard InChI is InChI=1S/C28H44N4O2/c1-21-9-7-15-31(19-21)16-8-14-29-28(34)25-12-17-32(18-13-25)20-27(24(4)33)30-23(3)26-11-6-5-10-22(26)2/h5-6,10-11,21,25,33H,7-9,12-20H2,1-4H3,(H,29,34)/b27-24-,30-23+. The predicted molar refractivity (Wildman–Crippen MR) is 140 cm³/mol. The Kier molecular flexibility index (Phi) is 10.1. The molecule has 0 radical (unpaired) electrons. The van der Waals surface area contributed by atoms with Crippen LogP contribution in [0, 0.1) is 18.8 Å². The molecule has 1 atom stereocenters. The molecule has 2 fully saturated rings. The molecule has 2 N–H and O–H groups in total. The summed E-state index contributed by atoms with van der Waals surface area (Å²) in [7, 11) is 0. The van der Waals surface area contributed by atoms with Crippen molar-refractivity contribution >= 4 is 11.6 Å². The highest BCUT2D eigenvalue weighted by molar-refractivity contribution is 6.00. The van der Waals surface area contributed by atoms with Crippen LogP contribution in [0.1, 0.15) is 64.0 Å². The third kappa shape index (κ3) is 7.95. The first-order valence-corrected chi connectivity index (χ1v) is 13.1. The first-order chi connectivity index (χ1) is 16.3. The summed E-state index contributed by atoms with van der Waals surface area (Å²) in [6.45, 7) is 14.7. The summed E-state index contributed by atoms with van der Waals surface area (Å²) in [4.78, 5) is 22.3. The van der Waals surface area contributed by atoms with E-state index in [1.54, 1.807) is 6.92 Å². The molecule has 2 aliphatic heterocycles. The Labute approximate surface area is 206 Å². The number of hydrogen-bond donors (Lipinski definition) is 2. The van der Waals surface area contributed by atoms with Gasteiger partial charge in [-0.1, -0.05) is 31.2 Å². The number of nitrogens with one attached hydrogen (secondary N) is 1. The van der Waals surface area contributed by atoms with E-state index in [0.29, 0.717) is 12.2 Å². The van der Waals surface area contributed by atoms with Gasteiger partial charge >= 0.3 is 0 Å². The Bertz CT molecular complexity index is 867. The fourth-order valence-corrected chi connectivity index (χ4v) is 5.19. The number of benzene rings is 1. The maximum atomic E-state index is 12.7. The maximum Gasteiger partial charge on any atom is 0.223 e. The molecule has 0 bridgehead atoms. The SMILES string of the molecule is C/C(O)=C(CN1CCC(C(=O)NCCCN2CCCC(C)C2)CC1)/N=C(\C)c1ccccc1C. The summed E-state index contributed by atoms with van der Waals surface area (Å²) in [6.07, 6.45) is 5.39. The average Bonchev–Trinajstić information content (AvgIpc) is 2.82. The number of carbonyl (C=O) groups excluding carboxylic acids is 1. The highest BCUT2D eigenvalue weighted by Crippen LogP contribution is 2.20. The van der Waals surface area contributed by atoms with Gasteiger partial charge in [-0.15, -0.1) is 0 Å². The van der Waals surface area contributed by atoms with Crippen molar-refractivity contribution in [2.24, 2.45) is 16.8 Å². The van der Waals surface area contributed by atoms with Crippen LogP contribution in [0.5, 0.6) is 0 Å². The van der Waals surface area contributed by atoms with Gasteiger partial charge in [0.2, 0.25) is 5.91 Å². The normalized spacial score (nSPS) is 21.9. The van der Waals surface area contributed by atoms with Crippen molar-refractivity contribution in [2.75, 3.05) is 45.8 Å². The molecule has 0 spiro atoms. The first kappa shape index (κ1) is 26.4. The topological polar surface area (TPSA) is 68.2 Å². The number of allylic oxidation sites excluding steroid dienone is 1. The summed E-state index contributed by atoms with van der Waals surface area (Å²) in [5.74, 6) is 1.35. The molecule has 6 heteroatoms. The summed E-state index contributed by atoms with van der Waals surface area (Å²) >= 11 is 0. The van der Waals surface area contributed by atoms with Crippen LogP contribution in [-0.2, 0) is 4.79 Å². The van der Waals surface area contributed by atoms with Gasteiger partial charge in [0.25, 0.3) is 0 Å². The number of hydrogen-bond acceptors (Lipinski definition) is 5. The highest BCUT2D eigenvalue weighted by Gasteiger charge is 2.25. The zero-order valence-electron chi connectivity index (χ0n) is 21.6. The van der Waals surface area contributed by atoms with Gasteiger partial charge in [-0.05, 0) is 96.1 Å². The maximum absolute atomic E-state index is 12.7. The third-order valence-electron chi connectivity index (χ3n) is 7.28. The van der Waals surface area contributed by atoms with Gasteiger partial charge in [0.15, 0.2) is 0 Å². The van der Waals surface area contributed by atoms with Crippen molar-refractivity contribution < 1.29 is 9.90 Å². The zero-order chi connectivity index (χ0) is 24.5. The van der Waals surface area contributed by atoms with E-state index in [-0.39, 0.29) is 17.6 Å². The lowest BCUT2D eigenvalue weighted by Crippen LogP contribution is -2.42. The smallest absolute Gasteiger partial charge is 0.223 e. The molecule has 34 heavy (non-hydrogen) atoms. The first-order valence-electron chi connectivity index (χ1n) is 13.1. The van der Waals surface area contributed by atoms with E-state index in [9.17, 15) is 9.90 Å². The van der Waals surface area contributed by atoms with Crippen molar-refractivity contribution in [3.8, 4) is 0 Å². The molecule has 2 saturated heterocycles. The highest BCUT2D eigenvalue weighted by atomic mass is 16.3. The zero-order valence-corrected chi connectivity index (χ0v) is 21.6. The average molecular weight is 469 g/mol. The van der Waals surface area contributed by atoms with Crippen LogP contribution in [0.15, 0.2) is 40.7 Å². The van der Waals surface area contributed by atoms with Gasteiger partial charge in [-0.2, -0.15) is 0 Å². The molecule has 1 aromatic rings. The molecular weight excluding hydrogens is 424 g/mol. The molecule has 1 amide bonds. The van der Waals surface area contributed by atoms with Gasteiger partial charge in [0.05, 0.1) is 5.70 Å². The van der Waals surface area contributed by atoms with Gasteiger partial charge in [-0.3, -0.25) is 14.7 Å². The number of aliphatic hydroxyl groups excluding tert-OH is 1. The third-order valence-corrected chi connectivity index (χ3v) is 7.28. The Hall–Kier alpha value is -2.18. The van der Waals surface area contributed by atoms with Crippen LogP contribution in [0.3, 0.4) is 0 Å². The van der Waals surface area contributed by atoms with E-state index >= 15 is 0 Å². The number of likely N-dealkylation sites (tertiary alicyclic amines) is 2. The van der Waals surface area contributed by atoms with Crippen LogP contribution >= 0.6 is 0 Å². The Morgan fingerprint density at radius 1 is 1.12 bits per heavy atom. The van der Waals surface area contributed by atoms with E-state index in [4.69, 9.17) is 4.99 Å². The summed E-state index contributed by atoms with van der Waals surface area (Å²) in [6, 6.07) is 8.18. The molecule has 3 rings (SSSR count). The molecule has 1 aromatic carbocycles. The second-order valence-electron chi connectivity index (χ2n) is 10.3. The number of aliphatic imine (C=N–C) groups is 1. The van der Waals surface area contributed by atoms with Crippen LogP contribution in [0.25, 0.3) is 0 Å². The number of rotatable bonds is 9. The van der Waals surface area contributed by atoms with Gasteiger partial charge in [0, 0.05) is 31.3 Å². The lowest BCUT2D eigenvalue weighted by molar-refractivity contribution is -0.126. The lowest BCUT2D eigenvalue weighted by Gasteiger charge is -2.32. The number of piperidine rings is 2. The lowest BCUT2D eigenvalue weighted by atomic mass is 9.95. The largest absolute Gasteiger partial charge is 0.511 e. The van der Waals surface area contributed by atoms with Crippen molar-refractivity contribution in [1.29, 1.82) is 0 Å². The van der Waals surface area contributed by atoms with Crippen LogP contribution in [0.2, 0.25) is 0 Å². The molecule has 0 saturated carbocycles. The number of aliphatic hydroxyl groups is 1. The monoisotopic (exact) mass is 468 g/mol. The Morgan fingerprint density at radius 3 is 2.53 bits per heavy atom. The second kappa shape index (κ2) is 13.1. The fourth-order valence-electron chi connectivity index (χ4n) is 5.19. The molecule has 188 valence electrons. The van der Waals surface area contributed by atoms with E-state index in [0.717, 1.165) is 62.6 Å². The number of nitrogens with zero attached hydrogens (tertiary/aromatic N) is 3. The van der Waals surface area contributed by atoms with E-state index in [1.165, 1.54) is 31.5 Å². The Balaban J connectivity index is 1.41. The number of amides is 1. The van der Waals surface area contributed by atoms with E-state index in [2.05, 4.69) is 41.1 Å². The molecule has 0 aliphatic carbocycles. The summed E-state index contributed by atoms with van der Waals surface area (Å²) in [5, 5.41) is 13.4. The minimum absolute atomic E-state index is 0.0890. The quantitative estimate of drug-likeness (QED) is 0.317. The van der Waals surface area contributed by atoms with Gasteiger partial charge in [0.1, 0.15) is 5.76 Å². The minimum Gasteiger partial charge on any atom is -0.511 e.